The molecule has 0 atom stereocenters. The van der Waals surface area contributed by atoms with Gasteiger partial charge in [-0.25, -0.2) is 14.9 Å². The Balaban J connectivity index is 2.58. The van der Waals surface area contributed by atoms with E-state index in [1.165, 1.54) is 31.2 Å². The summed E-state index contributed by atoms with van der Waals surface area (Å²) >= 11 is 0. The van der Waals surface area contributed by atoms with E-state index in [0.717, 1.165) is 0 Å². The Morgan fingerprint density at radius 2 is 1.29 bits per heavy atom. The van der Waals surface area contributed by atoms with Gasteiger partial charge in [-0.1, -0.05) is 60.7 Å². The highest BCUT2D eigenvalue weighted by Crippen LogP contribution is 2.25. The largest absolute Gasteiger partial charge is 0.463 e. The SMILES string of the molecule is CCOC(=O)C(OO)(C(=O)c1ccccc1)C(=O)c1ccccc1. The van der Waals surface area contributed by atoms with Crippen molar-refractivity contribution in [2.24, 2.45) is 0 Å². The van der Waals surface area contributed by atoms with Gasteiger partial charge in [0.1, 0.15) is 0 Å². The molecule has 0 heterocycles. The van der Waals surface area contributed by atoms with Crippen LogP contribution >= 0.6 is 0 Å². The van der Waals surface area contributed by atoms with Crippen LogP contribution in [0.1, 0.15) is 27.6 Å². The molecule has 2 aromatic carbocycles. The molecule has 6 nitrogen and oxygen atoms in total. The minimum Gasteiger partial charge on any atom is -0.463 e. The Morgan fingerprint density at radius 1 is 0.875 bits per heavy atom. The van der Waals surface area contributed by atoms with Gasteiger partial charge in [-0.3, -0.25) is 9.59 Å². The molecule has 0 spiro atoms. The molecule has 0 aromatic heterocycles. The molecule has 0 saturated carbocycles. The van der Waals surface area contributed by atoms with Gasteiger partial charge in [-0.05, 0) is 6.92 Å². The Labute approximate surface area is 138 Å². The Bertz CT molecular complexity index is 672. The summed E-state index contributed by atoms with van der Waals surface area (Å²) in [5.41, 5.74) is -2.74. The summed E-state index contributed by atoms with van der Waals surface area (Å²) in [6, 6.07) is 15.2. The molecule has 0 bridgehead atoms. The van der Waals surface area contributed by atoms with Gasteiger partial charge in [0.15, 0.2) is 0 Å². The average Bonchev–Trinajstić information content (AvgIpc) is 2.64. The van der Waals surface area contributed by atoms with E-state index < -0.39 is 23.1 Å². The molecule has 0 aliphatic heterocycles. The minimum absolute atomic E-state index is 0.0314. The van der Waals surface area contributed by atoms with Crippen LogP contribution in [0.5, 0.6) is 0 Å². The highest BCUT2D eigenvalue weighted by atomic mass is 17.1. The monoisotopic (exact) mass is 328 g/mol. The fourth-order valence-electron chi connectivity index (χ4n) is 2.23. The van der Waals surface area contributed by atoms with Gasteiger partial charge in [0.05, 0.1) is 6.61 Å². The van der Waals surface area contributed by atoms with Crippen LogP contribution in [-0.4, -0.2) is 35.0 Å². The van der Waals surface area contributed by atoms with Gasteiger partial charge in [0.2, 0.25) is 11.6 Å². The molecule has 0 saturated heterocycles. The van der Waals surface area contributed by atoms with E-state index >= 15 is 0 Å². The molecule has 124 valence electrons. The van der Waals surface area contributed by atoms with Crippen molar-refractivity contribution < 1.29 is 29.3 Å². The summed E-state index contributed by atoms with van der Waals surface area (Å²) in [5.74, 6) is -3.27. The third kappa shape index (κ3) is 3.10. The number of hydrogen-bond acceptors (Lipinski definition) is 6. The van der Waals surface area contributed by atoms with Crippen molar-refractivity contribution in [3.63, 3.8) is 0 Å². The van der Waals surface area contributed by atoms with Crippen molar-refractivity contribution in [3.8, 4) is 0 Å². The van der Waals surface area contributed by atoms with E-state index in [9.17, 15) is 19.6 Å². The lowest BCUT2D eigenvalue weighted by molar-refractivity contribution is -0.285. The zero-order valence-electron chi connectivity index (χ0n) is 13.0. The van der Waals surface area contributed by atoms with E-state index in [1.807, 2.05) is 0 Å². The summed E-state index contributed by atoms with van der Waals surface area (Å²) < 4.78 is 4.82. The summed E-state index contributed by atoms with van der Waals surface area (Å²) in [7, 11) is 0. The second kappa shape index (κ2) is 7.63. The van der Waals surface area contributed by atoms with Gasteiger partial charge in [0, 0.05) is 11.1 Å². The number of carbonyl (C=O) groups excluding carboxylic acids is 3. The lowest BCUT2D eigenvalue weighted by atomic mass is 9.85. The van der Waals surface area contributed by atoms with E-state index in [1.54, 1.807) is 36.4 Å². The van der Waals surface area contributed by atoms with E-state index in [0.29, 0.717) is 0 Å². The Kier molecular flexibility index (Phi) is 5.57. The summed E-state index contributed by atoms with van der Waals surface area (Å²) in [5, 5.41) is 9.39. The van der Waals surface area contributed by atoms with Crippen LogP contribution in [0, 0.1) is 0 Å². The maximum Gasteiger partial charge on any atom is 0.358 e. The van der Waals surface area contributed by atoms with E-state index in [-0.39, 0.29) is 17.7 Å². The molecule has 1 N–H and O–H groups in total. The maximum atomic E-state index is 12.8. The molecule has 0 radical (unpaired) electrons. The summed E-state index contributed by atoms with van der Waals surface area (Å²) in [4.78, 5) is 42.2. The van der Waals surface area contributed by atoms with Crippen molar-refractivity contribution in [2.75, 3.05) is 6.61 Å². The fraction of sp³-hybridized carbons (Fsp3) is 0.167. The Hall–Kier alpha value is -2.83. The molecular weight excluding hydrogens is 312 g/mol. The minimum atomic E-state index is -2.81. The van der Waals surface area contributed by atoms with Crippen LogP contribution in [-0.2, 0) is 14.4 Å². The molecule has 24 heavy (non-hydrogen) atoms. The lowest BCUT2D eigenvalue weighted by Crippen LogP contribution is -2.56. The van der Waals surface area contributed by atoms with Crippen LogP contribution in [0.25, 0.3) is 0 Å². The first kappa shape index (κ1) is 17.5. The predicted octanol–water partition coefficient (Wildman–Crippen LogP) is 2.54. The quantitative estimate of drug-likeness (QED) is 0.276. The number of rotatable bonds is 7. The van der Waals surface area contributed by atoms with Crippen LogP contribution in [0.3, 0.4) is 0 Å². The molecule has 0 amide bonds. The van der Waals surface area contributed by atoms with Gasteiger partial charge < -0.3 is 4.74 Å². The van der Waals surface area contributed by atoms with Crippen LogP contribution in [0.4, 0.5) is 0 Å². The number of Topliss-reactive ketones (excluding diaryl/α,β-unsaturated/α-hetero) is 2. The molecule has 0 fully saturated rings. The molecule has 2 aromatic rings. The van der Waals surface area contributed by atoms with Gasteiger partial charge in [-0.15, -0.1) is 0 Å². The number of hydrogen-bond donors (Lipinski definition) is 1. The van der Waals surface area contributed by atoms with Gasteiger partial charge >= 0.3 is 11.6 Å². The zero-order chi connectivity index (χ0) is 17.6. The third-order valence-electron chi connectivity index (χ3n) is 3.41. The standard InChI is InChI=1S/C18H16O6/c1-2-23-17(21)18(24-22,15(19)13-9-5-3-6-10-13)16(20)14-11-7-4-8-12-14/h3-12,22H,2H2,1H3. The molecule has 0 aliphatic rings. The van der Waals surface area contributed by atoms with E-state index in [2.05, 4.69) is 4.89 Å². The number of benzene rings is 2. The first-order chi connectivity index (χ1) is 11.6. The van der Waals surface area contributed by atoms with Crippen LogP contribution < -0.4 is 0 Å². The first-order valence-corrected chi connectivity index (χ1v) is 7.27. The third-order valence-corrected chi connectivity index (χ3v) is 3.41. The molecule has 0 aliphatic carbocycles. The topological polar surface area (TPSA) is 89.9 Å². The smallest absolute Gasteiger partial charge is 0.358 e. The number of carbonyl (C=O) groups is 3. The number of ether oxygens (including phenoxy) is 1. The normalized spacial score (nSPS) is 10.9. The maximum absolute atomic E-state index is 12.8. The van der Waals surface area contributed by atoms with Crippen molar-refractivity contribution in [2.45, 2.75) is 12.5 Å². The predicted molar refractivity (Wildman–Crippen MR) is 84.6 cm³/mol. The van der Waals surface area contributed by atoms with E-state index in [4.69, 9.17) is 4.74 Å². The molecule has 2 rings (SSSR count). The van der Waals surface area contributed by atoms with Crippen molar-refractivity contribution in [1.82, 2.24) is 0 Å². The zero-order valence-corrected chi connectivity index (χ0v) is 13.0. The van der Waals surface area contributed by atoms with Gasteiger partial charge in [-0.2, -0.15) is 0 Å². The second-order valence-corrected chi connectivity index (χ2v) is 4.88. The molecule has 6 heteroatoms. The molecular formula is C18H16O6. The summed E-state index contributed by atoms with van der Waals surface area (Å²) in [6.07, 6.45) is 0. The van der Waals surface area contributed by atoms with Crippen LogP contribution in [0.2, 0.25) is 0 Å². The average molecular weight is 328 g/mol. The molecule has 0 unspecified atom stereocenters. The van der Waals surface area contributed by atoms with Crippen molar-refractivity contribution in [3.05, 3.63) is 71.8 Å². The highest BCUT2D eigenvalue weighted by Gasteiger charge is 2.57. The first-order valence-electron chi connectivity index (χ1n) is 7.27. The summed E-state index contributed by atoms with van der Waals surface area (Å²) in [6.45, 7) is 1.42. The van der Waals surface area contributed by atoms with Crippen molar-refractivity contribution in [1.29, 1.82) is 0 Å². The number of ketones is 2. The second-order valence-electron chi connectivity index (χ2n) is 4.88. The van der Waals surface area contributed by atoms with Gasteiger partial charge in [0.25, 0.3) is 0 Å². The van der Waals surface area contributed by atoms with Crippen molar-refractivity contribution >= 4 is 17.5 Å². The Morgan fingerprint density at radius 3 is 1.62 bits per heavy atom. The van der Waals surface area contributed by atoms with Crippen LogP contribution in [0.15, 0.2) is 60.7 Å². The fourth-order valence-corrected chi connectivity index (χ4v) is 2.23. The highest BCUT2D eigenvalue weighted by molar-refractivity contribution is 6.34. The lowest BCUT2D eigenvalue weighted by Gasteiger charge is -2.25. The number of esters is 1.